The molecule has 128 valence electrons. The smallest absolute Gasteiger partial charge is 0.340 e. The van der Waals surface area contributed by atoms with Crippen molar-refractivity contribution in [2.24, 2.45) is 0 Å². The molecule has 8 heteroatoms. The standard InChI is InChI=1S/C16H16FNO5S/c1-18(14-7-5-4-6-12(14)16(19)23-3)24(20,21)11-8-9-15(22-2)13(17)10-11/h4-10H,1-3H3. The Morgan fingerprint density at radius 3 is 2.38 bits per heavy atom. The first kappa shape index (κ1) is 17.7. The second-order valence-corrected chi connectivity index (χ2v) is 6.75. The Kier molecular flexibility index (Phi) is 5.08. The molecule has 2 aromatic carbocycles. The molecular weight excluding hydrogens is 337 g/mol. The van der Waals surface area contributed by atoms with E-state index in [0.717, 1.165) is 10.4 Å². The van der Waals surface area contributed by atoms with Gasteiger partial charge in [-0.2, -0.15) is 0 Å². The van der Waals surface area contributed by atoms with Crippen molar-refractivity contribution in [3.8, 4) is 5.75 Å². The van der Waals surface area contributed by atoms with Crippen molar-refractivity contribution in [3.05, 3.63) is 53.8 Å². The number of hydrogen-bond acceptors (Lipinski definition) is 5. The van der Waals surface area contributed by atoms with Crippen molar-refractivity contribution in [1.29, 1.82) is 0 Å². The average molecular weight is 353 g/mol. The Bertz CT molecular complexity index is 867. The molecule has 0 fully saturated rings. The summed E-state index contributed by atoms with van der Waals surface area (Å²) in [6, 6.07) is 9.40. The third-order valence-corrected chi connectivity index (χ3v) is 5.20. The van der Waals surface area contributed by atoms with Gasteiger partial charge in [-0.15, -0.1) is 0 Å². The third kappa shape index (κ3) is 3.18. The molecule has 0 amide bonds. The Morgan fingerprint density at radius 2 is 1.79 bits per heavy atom. The molecule has 0 unspecified atom stereocenters. The first-order chi connectivity index (χ1) is 11.3. The molecule has 0 saturated heterocycles. The minimum Gasteiger partial charge on any atom is -0.494 e. The number of para-hydroxylation sites is 1. The van der Waals surface area contributed by atoms with Gasteiger partial charge in [0.25, 0.3) is 10.0 Å². The zero-order valence-electron chi connectivity index (χ0n) is 13.3. The lowest BCUT2D eigenvalue weighted by atomic mass is 10.2. The van der Waals surface area contributed by atoms with E-state index in [2.05, 4.69) is 4.74 Å². The number of carbonyl (C=O) groups excluding carboxylic acids is 1. The number of sulfonamides is 1. The van der Waals surface area contributed by atoms with Gasteiger partial charge in [-0.25, -0.2) is 17.6 Å². The summed E-state index contributed by atoms with van der Waals surface area (Å²) in [6.07, 6.45) is 0. The number of methoxy groups -OCH3 is 2. The Hall–Kier alpha value is -2.61. The highest BCUT2D eigenvalue weighted by atomic mass is 32.2. The van der Waals surface area contributed by atoms with Gasteiger partial charge in [0.1, 0.15) is 0 Å². The second-order valence-electron chi connectivity index (χ2n) is 4.78. The van der Waals surface area contributed by atoms with E-state index in [4.69, 9.17) is 4.74 Å². The van der Waals surface area contributed by atoms with Crippen molar-refractivity contribution in [2.75, 3.05) is 25.6 Å². The van der Waals surface area contributed by atoms with Crippen molar-refractivity contribution in [3.63, 3.8) is 0 Å². The van der Waals surface area contributed by atoms with Gasteiger partial charge in [-0.3, -0.25) is 4.31 Å². The van der Waals surface area contributed by atoms with Crippen LogP contribution >= 0.6 is 0 Å². The summed E-state index contributed by atoms with van der Waals surface area (Å²) in [5.74, 6) is -1.53. The molecule has 0 heterocycles. The summed E-state index contributed by atoms with van der Waals surface area (Å²) in [7, 11) is -0.313. The van der Waals surface area contributed by atoms with Crippen molar-refractivity contribution in [1.82, 2.24) is 0 Å². The van der Waals surface area contributed by atoms with Gasteiger partial charge in [0, 0.05) is 7.05 Å². The van der Waals surface area contributed by atoms with Crippen LogP contribution in [0.4, 0.5) is 10.1 Å². The normalized spacial score (nSPS) is 11.0. The highest BCUT2D eigenvalue weighted by molar-refractivity contribution is 7.92. The highest BCUT2D eigenvalue weighted by Gasteiger charge is 2.26. The number of ether oxygens (including phenoxy) is 2. The van der Waals surface area contributed by atoms with Crippen LogP contribution in [0, 0.1) is 5.82 Å². The maximum atomic E-state index is 13.8. The number of benzene rings is 2. The van der Waals surface area contributed by atoms with E-state index in [1.54, 1.807) is 12.1 Å². The quantitative estimate of drug-likeness (QED) is 0.772. The number of nitrogens with zero attached hydrogens (tertiary/aromatic N) is 1. The molecule has 24 heavy (non-hydrogen) atoms. The summed E-state index contributed by atoms with van der Waals surface area (Å²) in [5.41, 5.74) is 0.209. The van der Waals surface area contributed by atoms with Crippen LogP contribution in [-0.4, -0.2) is 35.7 Å². The van der Waals surface area contributed by atoms with Crippen LogP contribution in [0.25, 0.3) is 0 Å². The number of halogens is 1. The van der Waals surface area contributed by atoms with E-state index in [-0.39, 0.29) is 21.9 Å². The molecule has 0 N–H and O–H groups in total. The van der Waals surface area contributed by atoms with Crippen molar-refractivity contribution >= 4 is 21.7 Å². The summed E-state index contributed by atoms with van der Waals surface area (Å²) < 4.78 is 49.6. The fourth-order valence-electron chi connectivity index (χ4n) is 2.13. The van der Waals surface area contributed by atoms with Crippen LogP contribution < -0.4 is 9.04 Å². The van der Waals surface area contributed by atoms with E-state index in [0.29, 0.717) is 0 Å². The lowest BCUT2D eigenvalue weighted by Crippen LogP contribution is -2.28. The van der Waals surface area contributed by atoms with Crippen LogP contribution in [0.1, 0.15) is 10.4 Å². The molecule has 2 aromatic rings. The van der Waals surface area contributed by atoms with Crippen LogP contribution in [0.3, 0.4) is 0 Å². The minimum atomic E-state index is -4.07. The van der Waals surface area contributed by atoms with Gasteiger partial charge < -0.3 is 9.47 Å². The van der Waals surface area contributed by atoms with Crippen LogP contribution in [-0.2, 0) is 14.8 Å². The zero-order valence-corrected chi connectivity index (χ0v) is 14.1. The van der Waals surface area contributed by atoms with E-state index in [9.17, 15) is 17.6 Å². The SMILES string of the molecule is COC(=O)c1ccccc1N(C)S(=O)(=O)c1ccc(OC)c(F)c1. The molecule has 0 aliphatic heterocycles. The number of hydrogen-bond donors (Lipinski definition) is 0. The fraction of sp³-hybridized carbons (Fsp3) is 0.188. The topological polar surface area (TPSA) is 72.9 Å². The predicted molar refractivity (Wildman–Crippen MR) is 86.3 cm³/mol. The summed E-state index contributed by atoms with van der Waals surface area (Å²) in [4.78, 5) is 11.6. The van der Waals surface area contributed by atoms with Gasteiger partial charge in [0.2, 0.25) is 0 Å². The second kappa shape index (κ2) is 6.88. The molecule has 6 nitrogen and oxygen atoms in total. The van der Waals surface area contributed by atoms with E-state index >= 15 is 0 Å². The molecule has 0 aromatic heterocycles. The maximum absolute atomic E-state index is 13.8. The number of rotatable bonds is 5. The first-order valence-electron chi connectivity index (χ1n) is 6.82. The van der Waals surface area contributed by atoms with Crippen LogP contribution in [0.5, 0.6) is 5.75 Å². The van der Waals surface area contributed by atoms with E-state index in [1.165, 1.54) is 45.5 Å². The van der Waals surface area contributed by atoms with E-state index < -0.39 is 21.8 Å². The largest absolute Gasteiger partial charge is 0.494 e. The van der Waals surface area contributed by atoms with Gasteiger partial charge >= 0.3 is 5.97 Å². The Morgan fingerprint density at radius 1 is 1.12 bits per heavy atom. The lowest BCUT2D eigenvalue weighted by molar-refractivity contribution is 0.0601. The average Bonchev–Trinajstić information content (AvgIpc) is 2.60. The number of esters is 1. The fourth-order valence-corrected chi connectivity index (χ4v) is 3.35. The Balaban J connectivity index is 2.51. The summed E-state index contributed by atoms with van der Waals surface area (Å²) >= 11 is 0. The van der Waals surface area contributed by atoms with Crippen molar-refractivity contribution < 1.29 is 27.1 Å². The summed E-state index contributed by atoms with van der Waals surface area (Å²) in [5, 5.41) is 0. The van der Waals surface area contributed by atoms with Crippen LogP contribution in [0.2, 0.25) is 0 Å². The molecule has 0 bridgehead atoms. The summed E-state index contributed by atoms with van der Waals surface area (Å²) in [6.45, 7) is 0. The van der Waals surface area contributed by atoms with Gasteiger partial charge in [-0.1, -0.05) is 12.1 Å². The number of anilines is 1. The lowest BCUT2D eigenvalue weighted by Gasteiger charge is -2.21. The molecule has 0 spiro atoms. The zero-order chi connectivity index (χ0) is 17.9. The molecule has 0 saturated carbocycles. The van der Waals surface area contributed by atoms with Gasteiger partial charge in [0.15, 0.2) is 11.6 Å². The van der Waals surface area contributed by atoms with E-state index in [1.807, 2.05) is 0 Å². The monoisotopic (exact) mass is 353 g/mol. The minimum absolute atomic E-state index is 0.0634. The highest BCUT2D eigenvalue weighted by Crippen LogP contribution is 2.28. The molecule has 2 rings (SSSR count). The maximum Gasteiger partial charge on any atom is 0.340 e. The first-order valence-corrected chi connectivity index (χ1v) is 8.26. The van der Waals surface area contributed by atoms with Crippen molar-refractivity contribution in [2.45, 2.75) is 4.90 Å². The number of carbonyl (C=O) groups is 1. The Labute approximate surface area is 139 Å². The van der Waals surface area contributed by atoms with Gasteiger partial charge in [0.05, 0.1) is 30.4 Å². The van der Waals surface area contributed by atoms with Gasteiger partial charge in [-0.05, 0) is 30.3 Å². The molecule has 0 atom stereocenters. The third-order valence-electron chi connectivity index (χ3n) is 3.43. The molecule has 0 radical (unpaired) electrons. The van der Waals surface area contributed by atoms with Crippen LogP contribution in [0.15, 0.2) is 47.4 Å². The molecule has 0 aliphatic rings. The molecule has 0 aliphatic carbocycles. The molecular formula is C16H16FNO5S. The predicted octanol–water partition coefficient (Wildman–Crippen LogP) is 2.45.